The molecule has 0 aliphatic rings. The monoisotopic (exact) mass is 274 g/mol. The molecule has 1 heterocycles. The third-order valence-electron chi connectivity index (χ3n) is 2.30. The van der Waals surface area contributed by atoms with Crippen LogP contribution in [-0.2, 0) is 6.42 Å². The van der Waals surface area contributed by atoms with Gasteiger partial charge in [0, 0.05) is 23.4 Å². The molecule has 1 N–H and O–H groups in total. The zero-order chi connectivity index (χ0) is 12.5. The summed E-state index contributed by atoms with van der Waals surface area (Å²) in [5, 5.41) is 0.742. The first kappa shape index (κ1) is 14.6. The highest BCUT2D eigenvalue weighted by molar-refractivity contribution is 7.99. The van der Waals surface area contributed by atoms with Crippen molar-refractivity contribution in [3.8, 4) is 0 Å². The molecule has 0 aliphatic heterocycles. The summed E-state index contributed by atoms with van der Waals surface area (Å²) in [6.07, 6.45) is 5.18. The highest BCUT2D eigenvalue weighted by atomic mass is 35.5. The van der Waals surface area contributed by atoms with Crippen molar-refractivity contribution in [2.24, 2.45) is 0 Å². The van der Waals surface area contributed by atoms with Crippen LogP contribution in [0.2, 0.25) is 0 Å². The summed E-state index contributed by atoms with van der Waals surface area (Å²) in [5.41, 5.74) is 0.839. The molecular weight excluding hydrogens is 256 g/mol. The van der Waals surface area contributed by atoms with Crippen molar-refractivity contribution < 1.29 is 0 Å². The van der Waals surface area contributed by atoms with Crippen LogP contribution in [0.4, 0.5) is 0 Å². The minimum atomic E-state index is -0.0493. The predicted molar refractivity (Wildman–Crippen MR) is 74.1 cm³/mol. The van der Waals surface area contributed by atoms with Crippen molar-refractivity contribution in [2.45, 2.75) is 44.2 Å². The molecule has 0 bridgehead atoms. The van der Waals surface area contributed by atoms with Gasteiger partial charge in [-0.1, -0.05) is 31.5 Å². The largest absolute Gasteiger partial charge is 0.301 e. The van der Waals surface area contributed by atoms with E-state index in [0.29, 0.717) is 0 Å². The van der Waals surface area contributed by atoms with E-state index >= 15 is 0 Å². The van der Waals surface area contributed by atoms with Crippen molar-refractivity contribution in [1.82, 2.24) is 9.97 Å². The molecule has 0 saturated carbocycles. The summed E-state index contributed by atoms with van der Waals surface area (Å²) in [5.74, 6) is 1.71. The van der Waals surface area contributed by atoms with Gasteiger partial charge in [-0.2, -0.15) is 0 Å². The van der Waals surface area contributed by atoms with Crippen LogP contribution in [0, 0.1) is 0 Å². The van der Waals surface area contributed by atoms with Crippen LogP contribution in [0.3, 0.4) is 0 Å². The number of nitrogens with zero attached hydrogens (tertiary/aromatic N) is 1. The number of unbranched alkanes of at least 4 members (excludes halogenated alkanes) is 2. The fourth-order valence-corrected chi connectivity index (χ4v) is 2.56. The van der Waals surface area contributed by atoms with E-state index in [1.165, 1.54) is 0 Å². The molecule has 5 heteroatoms. The highest BCUT2D eigenvalue weighted by Crippen LogP contribution is 2.14. The number of aromatic amines is 1. The molecule has 1 aromatic rings. The Morgan fingerprint density at radius 2 is 2.24 bits per heavy atom. The predicted octanol–water partition coefficient (Wildman–Crippen LogP) is 3.22. The zero-order valence-electron chi connectivity index (χ0n) is 10.2. The van der Waals surface area contributed by atoms with Gasteiger partial charge in [0.25, 0.3) is 5.56 Å². The van der Waals surface area contributed by atoms with E-state index in [-0.39, 0.29) is 5.56 Å². The van der Waals surface area contributed by atoms with Crippen LogP contribution in [0.25, 0.3) is 0 Å². The second-order valence-corrected chi connectivity index (χ2v) is 5.35. The molecule has 0 fully saturated rings. The Labute approximate surface area is 111 Å². The zero-order valence-corrected chi connectivity index (χ0v) is 11.7. The maximum atomic E-state index is 11.4. The van der Waals surface area contributed by atoms with E-state index < -0.39 is 0 Å². The first-order valence-corrected chi connectivity index (χ1v) is 7.57. The van der Waals surface area contributed by atoms with Gasteiger partial charge in [0.05, 0.1) is 0 Å². The van der Waals surface area contributed by atoms with Crippen LogP contribution < -0.4 is 5.56 Å². The second kappa shape index (κ2) is 8.59. The molecule has 1 rings (SSSR count). The second-order valence-electron chi connectivity index (χ2n) is 3.89. The summed E-state index contributed by atoms with van der Waals surface area (Å²) in [6, 6.07) is 1.58. The van der Waals surface area contributed by atoms with Gasteiger partial charge in [-0.15, -0.1) is 11.6 Å². The lowest BCUT2D eigenvalue weighted by atomic mass is 10.2. The standard InChI is InChI=1S/C12H19ClN2OS/c1-2-6-10-9-11(16)15-12(14-10)17-8-5-3-4-7-13/h9H,2-8H2,1H3,(H,14,15,16). The Morgan fingerprint density at radius 1 is 1.41 bits per heavy atom. The van der Waals surface area contributed by atoms with Gasteiger partial charge in [0.15, 0.2) is 5.16 Å². The fourth-order valence-electron chi connectivity index (χ4n) is 1.48. The first-order chi connectivity index (χ1) is 8.26. The number of aromatic nitrogens is 2. The Morgan fingerprint density at radius 3 is 2.94 bits per heavy atom. The van der Waals surface area contributed by atoms with Gasteiger partial charge in [-0.25, -0.2) is 4.98 Å². The lowest BCUT2D eigenvalue weighted by Crippen LogP contribution is -2.10. The molecule has 1 aromatic heterocycles. The van der Waals surface area contributed by atoms with Crippen molar-refractivity contribution >= 4 is 23.4 Å². The van der Waals surface area contributed by atoms with Crippen molar-refractivity contribution in [1.29, 1.82) is 0 Å². The summed E-state index contributed by atoms with van der Waals surface area (Å²) in [6.45, 7) is 2.09. The number of alkyl halides is 1. The molecule has 0 unspecified atom stereocenters. The van der Waals surface area contributed by atoms with Crippen LogP contribution >= 0.6 is 23.4 Å². The van der Waals surface area contributed by atoms with Crippen LogP contribution in [-0.4, -0.2) is 21.6 Å². The molecule has 0 saturated heterocycles. The Bertz CT molecular complexity index is 381. The first-order valence-electron chi connectivity index (χ1n) is 6.05. The smallest absolute Gasteiger partial charge is 0.251 e. The quantitative estimate of drug-likeness (QED) is 0.343. The Kier molecular flexibility index (Phi) is 7.37. The van der Waals surface area contributed by atoms with E-state index in [1.807, 2.05) is 0 Å². The highest BCUT2D eigenvalue weighted by Gasteiger charge is 2.01. The van der Waals surface area contributed by atoms with E-state index in [4.69, 9.17) is 11.6 Å². The minimum Gasteiger partial charge on any atom is -0.301 e. The lowest BCUT2D eigenvalue weighted by Gasteiger charge is -2.03. The van der Waals surface area contributed by atoms with Crippen LogP contribution in [0.15, 0.2) is 16.0 Å². The summed E-state index contributed by atoms with van der Waals surface area (Å²) in [7, 11) is 0. The van der Waals surface area contributed by atoms with E-state index in [9.17, 15) is 4.79 Å². The van der Waals surface area contributed by atoms with Gasteiger partial charge >= 0.3 is 0 Å². The normalized spacial score (nSPS) is 10.7. The van der Waals surface area contributed by atoms with E-state index in [2.05, 4.69) is 16.9 Å². The van der Waals surface area contributed by atoms with E-state index in [0.717, 1.165) is 54.6 Å². The SMILES string of the molecule is CCCc1cc(=O)[nH]c(SCCCCCCl)n1. The maximum Gasteiger partial charge on any atom is 0.251 e. The average Bonchev–Trinajstić information content (AvgIpc) is 2.28. The molecule has 0 aromatic carbocycles. The number of H-pyrrole nitrogens is 1. The van der Waals surface area contributed by atoms with Gasteiger partial charge < -0.3 is 4.98 Å². The van der Waals surface area contributed by atoms with Gasteiger partial charge in [0.1, 0.15) is 0 Å². The van der Waals surface area contributed by atoms with Crippen molar-refractivity contribution in [3.05, 3.63) is 22.1 Å². The molecule has 0 amide bonds. The summed E-state index contributed by atoms with van der Waals surface area (Å²) < 4.78 is 0. The lowest BCUT2D eigenvalue weighted by molar-refractivity contribution is 0.778. The Balaban J connectivity index is 2.44. The number of hydrogen-bond donors (Lipinski definition) is 1. The van der Waals surface area contributed by atoms with Crippen molar-refractivity contribution in [3.63, 3.8) is 0 Å². The molecule has 0 aliphatic carbocycles. The van der Waals surface area contributed by atoms with Crippen LogP contribution in [0.1, 0.15) is 38.3 Å². The molecule has 3 nitrogen and oxygen atoms in total. The van der Waals surface area contributed by atoms with Gasteiger partial charge in [0.2, 0.25) is 0 Å². The molecule has 96 valence electrons. The topological polar surface area (TPSA) is 45.8 Å². The third-order valence-corrected chi connectivity index (χ3v) is 3.52. The number of nitrogens with one attached hydrogen (secondary N) is 1. The molecule has 0 spiro atoms. The number of rotatable bonds is 8. The fraction of sp³-hybridized carbons (Fsp3) is 0.667. The average molecular weight is 275 g/mol. The molecule has 0 atom stereocenters. The molecule has 0 radical (unpaired) electrons. The summed E-state index contributed by atoms with van der Waals surface area (Å²) >= 11 is 7.22. The molecule has 17 heavy (non-hydrogen) atoms. The maximum absolute atomic E-state index is 11.4. The number of halogens is 1. The third kappa shape index (κ3) is 6.13. The number of thioether (sulfide) groups is 1. The number of hydrogen-bond acceptors (Lipinski definition) is 3. The minimum absolute atomic E-state index is 0.0493. The van der Waals surface area contributed by atoms with Gasteiger partial charge in [-0.3, -0.25) is 4.79 Å². The van der Waals surface area contributed by atoms with E-state index in [1.54, 1.807) is 17.8 Å². The van der Waals surface area contributed by atoms with Crippen LogP contribution in [0.5, 0.6) is 0 Å². The Hall–Kier alpha value is -0.480. The molecular formula is C12H19ClN2OS. The van der Waals surface area contributed by atoms with Gasteiger partial charge in [-0.05, 0) is 19.3 Å². The van der Waals surface area contributed by atoms with Crippen molar-refractivity contribution in [2.75, 3.05) is 11.6 Å². The summed E-state index contributed by atoms with van der Waals surface area (Å²) in [4.78, 5) is 18.6. The number of aryl methyl sites for hydroxylation is 1.